The van der Waals surface area contributed by atoms with Gasteiger partial charge in [-0.15, -0.1) is 0 Å². The van der Waals surface area contributed by atoms with E-state index in [1.54, 1.807) is 0 Å². The number of rotatable bonds is 2. The van der Waals surface area contributed by atoms with Crippen molar-refractivity contribution >= 4 is 22.3 Å². The molecule has 0 radical (unpaired) electrons. The van der Waals surface area contributed by atoms with Gasteiger partial charge in [0.2, 0.25) is 0 Å². The van der Waals surface area contributed by atoms with Crippen molar-refractivity contribution in [3.8, 4) is 6.07 Å². The molecule has 0 saturated heterocycles. The Hall–Kier alpha value is -3.84. The summed E-state index contributed by atoms with van der Waals surface area (Å²) >= 11 is 0. The predicted octanol–water partition coefficient (Wildman–Crippen LogP) is 4.07. The van der Waals surface area contributed by atoms with Gasteiger partial charge in [0.1, 0.15) is 5.84 Å². The Morgan fingerprint density at radius 3 is 2.37 bits per heavy atom. The lowest BCUT2D eigenvalue weighted by molar-refractivity contribution is 0.979. The van der Waals surface area contributed by atoms with E-state index in [0.717, 1.165) is 21.9 Å². The smallest absolute Gasteiger partial charge is 0.129 e. The highest BCUT2D eigenvalue weighted by Crippen LogP contribution is 2.42. The molecule has 1 aliphatic rings. The standard InChI is InChI=1S/C23H18N4/c24-13-19-21(18-12-6-10-15-7-4-5-11-17(15)18)20(14-25)23(26)27-22(19)16-8-2-1-3-9-16/h1-12,14,21H,25H2,(H2,26,27)/b20-14-. The van der Waals surface area contributed by atoms with E-state index in [1.807, 2.05) is 54.6 Å². The van der Waals surface area contributed by atoms with E-state index in [9.17, 15) is 5.26 Å². The van der Waals surface area contributed by atoms with Crippen molar-refractivity contribution < 1.29 is 0 Å². The van der Waals surface area contributed by atoms with E-state index < -0.39 is 0 Å². The van der Waals surface area contributed by atoms with Crippen molar-refractivity contribution in [2.75, 3.05) is 0 Å². The van der Waals surface area contributed by atoms with Crippen molar-refractivity contribution in [3.63, 3.8) is 0 Å². The number of allylic oxidation sites excluding steroid dienone is 1. The van der Waals surface area contributed by atoms with E-state index in [4.69, 9.17) is 11.5 Å². The van der Waals surface area contributed by atoms with Crippen LogP contribution in [0.15, 0.2) is 95.1 Å². The zero-order valence-corrected chi connectivity index (χ0v) is 14.6. The fourth-order valence-electron chi connectivity index (χ4n) is 3.63. The third kappa shape index (κ3) is 2.76. The summed E-state index contributed by atoms with van der Waals surface area (Å²) in [5, 5.41) is 12.2. The largest absolute Gasteiger partial charge is 0.404 e. The van der Waals surface area contributed by atoms with Crippen molar-refractivity contribution in [1.29, 1.82) is 5.26 Å². The maximum absolute atomic E-state index is 10.0. The van der Waals surface area contributed by atoms with Crippen LogP contribution in [0, 0.1) is 11.3 Å². The van der Waals surface area contributed by atoms with Crippen molar-refractivity contribution in [1.82, 2.24) is 0 Å². The summed E-state index contributed by atoms with van der Waals surface area (Å²) in [6, 6.07) is 26.2. The van der Waals surface area contributed by atoms with Gasteiger partial charge >= 0.3 is 0 Å². The lowest BCUT2D eigenvalue weighted by Gasteiger charge is -2.27. The summed E-state index contributed by atoms with van der Waals surface area (Å²) in [5.41, 5.74) is 15.8. The van der Waals surface area contributed by atoms with Crippen molar-refractivity contribution in [2.45, 2.75) is 5.92 Å². The van der Waals surface area contributed by atoms with Crippen LogP contribution in [0.25, 0.3) is 16.5 Å². The molecule has 27 heavy (non-hydrogen) atoms. The van der Waals surface area contributed by atoms with E-state index in [0.29, 0.717) is 22.7 Å². The number of nitrogens with zero attached hydrogens (tertiary/aromatic N) is 2. The van der Waals surface area contributed by atoms with Crippen LogP contribution in [-0.2, 0) is 0 Å². The molecule has 0 amide bonds. The molecule has 3 aromatic carbocycles. The van der Waals surface area contributed by atoms with E-state index >= 15 is 0 Å². The number of aliphatic imine (C=N–C) groups is 1. The molecule has 4 heteroatoms. The summed E-state index contributed by atoms with van der Waals surface area (Å²) in [7, 11) is 0. The average Bonchev–Trinajstić information content (AvgIpc) is 2.73. The Balaban J connectivity index is 2.03. The van der Waals surface area contributed by atoms with Gasteiger partial charge in [-0.3, -0.25) is 0 Å². The van der Waals surface area contributed by atoms with Crippen molar-refractivity contribution in [2.24, 2.45) is 16.5 Å². The fraction of sp³-hybridized carbons (Fsp3) is 0.0435. The van der Waals surface area contributed by atoms with Gasteiger partial charge in [-0.25, -0.2) is 4.99 Å². The number of nitrogens with two attached hydrogens (primary N) is 2. The Kier molecular flexibility index (Phi) is 4.19. The molecule has 0 bridgehead atoms. The highest BCUT2D eigenvalue weighted by atomic mass is 14.9. The van der Waals surface area contributed by atoms with E-state index in [2.05, 4.69) is 29.3 Å². The van der Waals surface area contributed by atoms with Crippen LogP contribution >= 0.6 is 0 Å². The topological polar surface area (TPSA) is 88.2 Å². The molecule has 0 spiro atoms. The molecule has 1 atom stereocenters. The molecule has 1 unspecified atom stereocenters. The van der Waals surface area contributed by atoms with Gasteiger partial charge in [0, 0.05) is 17.3 Å². The molecule has 4 rings (SSSR count). The Bertz CT molecular complexity index is 1140. The minimum atomic E-state index is -0.362. The summed E-state index contributed by atoms with van der Waals surface area (Å²) in [5.74, 6) is -0.0212. The quantitative estimate of drug-likeness (QED) is 0.730. The third-order valence-corrected chi connectivity index (χ3v) is 4.86. The van der Waals surface area contributed by atoms with Gasteiger partial charge in [-0.2, -0.15) is 5.26 Å². The maximum Gasteiger partial charge on any atom is 0.129 e. The van der Waals surface area contributed by atoms with Crippen LogP contribution in [0.2, 0.25) is 0 Å². The Morgan fingerprint density at radius 1 is 0.926 bits per heavy atom. The fourth-order valence-corrected chi connectivity index (χ4v) is 3.63. The lowest BCUT2D eigenvalue weighted by atomic mass is 9.79. The predicted molar refractivity (Wildman–Crippen MR) is 110 cm³/mol. The summed E-state index contributed by atoms with van der Waals surface area (Å²) < 4.78 is 0. The number of hydrogen-bond acceptors (Lipinski definition) is 4. The van der Waals surface area contributed by atoms with E-state index in [1.165, 1.54) is 6.20 Å². The van der Waals surface area contributed by atoms with Gasteiger partial charge in [0.05, 0.1) is 23.3 Å². The summed E-state index contributed by atoms with van der Waals surface area (Å²) in [6.07, 6.45) is 1.46. The first-order valence-electron chi connectivity index (χ1n) is 8.68. The SMILES string of the molecule is N#CC1=C(c2ccccc2)N=C(N)/C(=C\N)C1c1cccc2ccccc12. The van der Waals surface area contributed by atoms with Crippen LogP contribution in [0.3, 0.4) is 0 Å². The lowest BCUT2D eigenvalue weighted by Crippen LogP contribution is -2.26. The number of amidine groups is 1. The zero-order chi connectivity index (χ0) is 18.8. The van der Waals surface area contributed by atoms with Gasteiger partial charge in [0.25, 0.3) is 0 Å². The molecule has 4 nitrogen and oxygen atoms in total. The minimum Gasteiger partial charge on any atom is -0.404 e. The van der Waals surface area contributed by atoms with Crippen LogP contribution in [0.4, 0.5) is 0 Å². The molecule has 0 aromatic heterocycles. The molecule has 1 heterocycles. The van der Waals surface area contributed by atoms with Gasteiger partial charge in [-0.1, -0.05) is 72.8 Å². The molecule has 4 N–H and O–H groups in total. The first-order chi connectivity index (χ1) is 13.2. The molecule has 1 aliphatic heterocycles. The normalized spacial score (nSPS) is 18.4. The first-order valence-corrected chi connectivity index (χ1v) is 8.68. The monoisotopic (exact) mass is 350 g/mol. The summed E-state index contributed by atoms with van der Waals surface area (Å²) in [6.45, 7) is 0. The highest BCUT2D eigenvalue weighted by Gasteiger charge is 2.32. The van der Waals surface area contributed by atoms with Gasteiger partial charge in [0.15, 0.2) is 0 Å². The number of fused-ring (bicyclic) bond motifs is 1. The minimum absolute atomic E-state index is 0.341. The van der Waals surface area contributed by atoms with Crippen LogP contribution in [0.5, 0.6) is 0 Å². The summed E-state index contributed by atoms with van der Waals surface area (Å²) in [4.78, 5) is 4.52. The molecular formula is C23H18N4. The molecule has 3 aromatic rings. The van der Waals surface area contributed by atoms with Crippen LogP contribution in [0.1, 0.15) is 17.0 Å². The molecular weight excluding hydrogens is 332 g/mol. The van der Waals surface area contributed by atoms with E-state index in [-0.39, 0.29) is 5.92 Å². The number of nitriles is 1. The Labute approximate surface area is 157 Å². The second-order valence-electron chi connectivity index (χ2n) is 6.36. The molecule has 0 aliphatic carbocycles. The number of benzene rings is 3. The van der Waals surface area contributed by atoms with Crippen LogP contribution < -0.4 is 11.5 Å². The second kappa shape index (κ2) is 6.81. The van der Waals surface area contributed by atoms with Gasteiger partial charge < -0.3 is 11.5 Å². The zero-order valence-electron chi connectivity index (χ0n) is 14.6. The third-order valence-electron chi connectivity index (χ3n) is 4.86. The molecule has 130 valence electrons. The average molecular weight is 350 g/mol. The molecule has 0 fully saturated rings. The highest BCUT2D eigenvalue weighted by molar-refractivity contribution is 6.06. The maximum atomic E-state index is 10.0. The number of hydrogen-bond donors (Lipinski definition) is 2. The first kappa shape index (κ1) is 16.6. The van der Waals surface area contributed by atoms with Crippen molar-refractivity contribution in [3.05, 3.63) is 101 Å². The van der Waals surface area contributed by atoms with Crippen LogP contribution in [-0.4, -0.2) is 5.84 Å². The second-order valence-corrected chi connectivity index (χ2v) is 6.36. The Morgan fingerprint density at radius 2 is 1.63 bits per heavy atom. The molecule has 0 saturated carbocycles. The van der Waals surface area contributed by atoms with Gasteiger partial charge in [-0.05, 0) is 16.3 Å².